The molecule has 0 aliphatic carbocycles. The highest BCUT2D eigenvalue weighted by Crippen LogP contribution is 1.94. The number of carbonyl (C=O) groups excluding carboxylic acids is 1. The zero-order valence-electron chi connectivity index (χ0n) is 8.89. The van der Waals surface area contributed by atoms with Crippen LogP contribution in [-0.4, -0.2) is 24.7 Å². The molecule has 0 bridgehead atoms. The van der Waals surface area contributed by atoms with Crippen molar-refractivity contribution in [3.63, 3.8) is 0 Å². The molecule has 0 radical (unpaired) electrons. The fourth-order valence-electron chi connectivity index (χ4n) is 0.941. The fraction of sp³-hybridized carbons (Fsp3) is 0.700. The molecule has 0 rings (SSSR count). The van der Waals surface area contributed by atoms with Crippen LogP contribution < -0.4 is 5.32 Å². The van der Waals surface area contributed by atoms with Crippen LogP contribution >= 0.6 is 0 Å². The molecule has 0 aromatic carbocycles. The third-order valence-corrected chi connectivity index (χ3v) is 1.43. The first-order valence-corrected chi connectivity index (χ1v) is 4.52. The second kappa shape index (κ2) is 5.75. The van der Waals surface area contributed by atoms with Crippen molar-refractivity contribution in [2.45, 2.75) is 39.8 Å². The van der Waals surface area contributed by atoms with E-state index >= 15 is 0 Å². The molecule has 1 unspecified atom stereocenters. The van der Waals surface area contributed by atoms with Gasteiger partial charge in [-0.2, -0.15) is 0 Å². The second-order valence-electron chi connectivity index (χ2n) is 3.60. The van der Waals surface area contributed by atoms with E-state index in [1.165, 1.54) is 0 Å². The van der Waals surface area contributed by atoms with Gasteiger partial charge in [-0.25, -0.2) is 4.79 Å². The van der Waals surface area contributed by atoms with Crippen LogP contribution in [0.1, 0.15) is 27.7 Å². The Bertz CT molecular complexity index is 187. The summed E-state index contributed by atoms with van der Waals surface area (Å²) in [6.07, 6.45) is 0. The summed E-state index contributed by atoms with van der Waals surface area (Å²) < 4.78 is 4.97. The van der Waals surface area contributed by atoms with E-state index < -0.39 is 0 Å². The number of ether oxygens (including phenoxy) is 1. The number of hydrogen-bond donors (Lipinski definition) is 1. The molecule has 13 heavy (non-hydrogen) atoms. The number of carbonyl (C=O) groups is 1. The maximum Gasteiger partial charge on any atom is 0.333 e. The van der Waals surface area contributed by atoms with Crippen molar-refractivity contribution in [3.8, 4) is 0 Å². The predicted molar refractivity (Wildman–Crippen MR) is 53.5 cm³/mol. The van der Waals surface area contributed by atoms with Crippen molar-refractivity contribution in [1.82, 2.24) is 5.32 Å². The van der Waals surface area contributed by atoms with E-state index in [0.717, 1.165) is 0 Å². The zero-order valence-corrected chi connectivity index (χ0v) is 8.89. The number of esters is 1. The van der Waals surface area contributed by atoms with Crippen LogP contribution in [0.3, 0.4) is 0 Å². The smallest absolute Gasteiger partial charge is 0.333 e. The average molecular weight is 185 g/mol. The van der Waals surface area contributed by atoms with Gasteiger partial charge in [0.2, 0.25) is 0 Å². The van der Waals surface area contributed by atoms with Gasteiger partial charge in [0, 0.05) is 17.7 Å². The summed E-state index contributed by atoms with van der Waals surface area (Å²) in [7, 11) is 0. The van der Waals surface area contributed by atoms with Crippen molar-refractivity contribution in [1.29, 1.82) is 0 Å². The summed E-state index contributed by atoms with van der Waals surface area (Å²) in [5.41, 5.74) is 0.441. The molecule has 0 aliphatic rings. The average Bonchev–Trinajstić information content (AvgIpc) is 1.98. The van der Waals surface area contributed by atoms with Crippen molar-refractivity contribution < 1.29 is 9.53 Å². The fourth-order valence-corrected chi connectivity index (χ4v) is 0.941. The lowest BCUT2D eigenvalue weighted by molar-refractivity contribution is -0.139. The molecule has 0 saturated heterocycles. The molecule has 1 N–H and O–H groups in total. The molecule has 1 atom stereocenters. The van der Waals surface area contributed by atoms with E-state index in [4.69, 9.17) is 4.74 Å². The maximum atomic E-state index is 11.0. The van der Waals surface area contributed by atoms with Gasteiger partial charge in [-0.1, -0.05) is 20.4 Å². The van der Waals surface area contributed by atoms with Crippen molar-refractivity contribution in [2.75, 3.05) is 6.61 Å². The largest absolute Gasteiger partial charge is 0.461 e. The number of rotatable bonds is 5. The minimum absolute atomic E-state index is 0.184. The second-order valence-corrected chi connectivity index (χ2v) is 3.60. The molecular weight excluding hydrogens is 166 g/mol. The van der Waals surface area contributed by atoms with Crippen molar-refractivity contribution >= 4 is 5.97 Å². The molecule has 3 nitrogen and oxygen atoms in total. The van der Waals surface area contributed by atoms with Gasteiger partial charge in [0.15, 0.2) is 0 Å². The van der Waals surface area contributed by atoms with Crippen molar-refractivity contribution in [2.24, 2.45) is 0 Å². The van der Waals surface area contributed by atoms with E-state index in [2.05, 4.69) is 25.7 Å². The molecule has 0 aromatic heterocycles. The van der Waals surface area contributed by atoms with Gasteiger partial charge in [0.1, 0.15) is 6.61 Å². The van der Waals surface area contributed by atoms with E-state index in [1.807, 2.05) is 6.92 Å². The topological polar surface area (TPSA) is 38.3 Å². The molecule has 0 aliphatic heterocycles. The van der Waals surface area contributed by atoms with Crippen LogP contribution in [0.5, 0.6) is 0 Å². The summed E-state index contributed by atoms with van der Waals surface area (Å²) in [6, 6.07) is 0.585. The lowest BCUT2D eigenvalue weighted by atomic mass is 10.3. The highest BCUT2D eigenvalue weighted by atomic mass is 16.5. The minimum atomic E-state index is -0.322. The highest BCUT2D eigenvalue weighted by molar-refractivity contribution is 5.86. The maximum absolute atomic E-state index is 11.0. The predicted octanol–water partition coefficient (Wildman–Crippen LogP) is 1.49. The lowest BCUT2D eigenvalue weighted by Crippen LogP contribution is -2.36. The summed E-state index contributed by atoms with van der Waals surface area (Å²) in [5, 5.41) is 3.23. The van der Waals surface area contributed by atoms with Crippen LogP contribution in [0.25, 0.3) is 0 Å². The number of nitrogens with one attached hydrogen (secondary N) is 1. The summed E-state index contributed by atoms with van der Waals surface area (Å²) in [5.74, 6) is -0.322. The first-order valence-electron chi connectivity index (χ1n) is 4.52. The normalized spacial score (nSPS) is 12.7. The lowest BCUT2D eigenvalue weighted by Gasteiger charge is -2.16. The van der Waals surface area contributed by atoms with Gasteiger partial charge in [-0.05, 0) is 13.8 Å². The molecule has 76 valence electrons. The van der Waals surface area contributed by atoms with Gasteiger partial charge >= 0.3 is 5.97 Å². The Kier molecular flexibility index (Phi) is 5.39. The van der Waals surface area contributed by atoms with E-state index in [9.17, 15) is 4.79 Å². The molecule has 0 saturated carbocycles. The molecule has 0 amide bonds. The monoisotopic (exact) mass is 185 g/mol. The first kappa shape index (κ1) is 12.2. The van der Waals surface area contributed by atoms with Gasteiger partial charge in [0.25, 0.3) is 0 Å². The standard InChI is InChI=1S/C10H19NO2/c1-7(2)10(12)13-6-9(5)11-8(3)4/h8-9,11H,1,6H2,2-5H3. The summed E-state index contributed by atoms with van der Waals surface area (Å²) in [6.45, 7) is 11.6. The Morgan fingerprint density at radius 2 is 2.00 bits per heavy atom. The van der Waals surface area contributed by atoms with Gasteiger partial charge < -0.3 is 10.1 Å². The molecule has 0 aromatic rings. The van der Waals surface area contributed by atoms with Gasteiger partial charge in [-0.15, -0.1) is 0 Å². The van der Waals surface area contributed by atoms with Crippen molar-refractivity contribution in [3.05, 3.63) is 12.2 Å². The third-order valence-electron chi connectivity index (χ3n) is 1.43. The SMILES string of the molecule is C=C(C)C(=O)OCC(C)NC(C)C. The minimum Gasteiger partial charge on any atom is -0.461 e. The van der Waals surface area contributed by atoms with Crippen LogP contribution in [-0.2, 0) is 9.53 Å². The van der Waals surface area contributed by atoms with E-state index in [1.54, 1.807) is 6.92 Å². The Balaban J connectivity index is 3.64. The Morgan fingerprint density at radius 1 is 1.46 bits per heavy atom. The van der Waals surface area contributed by atoms with E-state index in [-0.39, 0.29) is 12.0 Å². The number of hydrogen-bond acceptors (Lipinski definition) is 3. The Morgan fingerprint density at radius 3 is 2.38 bits per heavy atom. The molecule has 0 spiro atoms. The van der Waals surface area contributed by atoms with Crippen LogP contribution in [0.4, 0.5) is 0 Å². The Labute approximate surface area is 80.2 Å². The van der Waals surface area contributed by atoms with Crippen LogP contribution in [0.2, 0.25) is 0 Å². The molecular formula is C10H19NO2. The zero-order chi connectivity index (χ0) is 10.4. The van der Waals surface area contributed by atoms with Crippen LogP contribution in [0, 0.1) is 0 Å². The summed E-state index contributed by atoms with van der Waals surface area (Å²) >= 11 is 0. The van der Waals surface area contributed by atoms with Gasteiger partial charge in [0.05, 0.1) is 0 Å². The first-order chi connectivity index (χ1) is 5.93. The molecule has 0 heterocycles. The summed E-state index contributed by atoms with van der Waals surface area (Å²) in [4.78, 5) is 11.0. The highest BCUT2D eigenvalue weighted by Gasteiger charge is 2.07. The third kappa shape index (κ3) is 6.34. The van der Waals surface area contributed by atoms with Gasteiger partial charge in [-0.3, -0.25) is 0 Å². The molecule has 3 heteroatoms. The quantitative estimate of drug-likeness (QED) is 0.521. The van der Waals surface area contributed by atoms with Crippen LogP contribution in [0.15, 0.2) is 12.2 Å². The molecule has 0 fully saturated rings. The van der Waals surface area contributed by atoms with E-state index in [0.29, 0.717) is 18.2 Å². The Hall–Kier alpha value is -0.830.